The predicted octanol–water partition coefficient (Wildman–Crippen LogP) is 2.73. The predicted molar refractivity (Wildman–Crippen MR) is 119 cm³/mol. The Hall–Kier alpha value is -3.42. The molecule has 170 valence electrons. The number of amides is 2. The average molecular weight is 440 g/mol. The Morgan fingerprint density at radius 1 is 1.28 bits per heavy atom. The molecule has 1 fully saturated rings. The first kappa shape index (κ1) is 23.2. The zero-order valence-electron chi connectivity index (χ0n) is 18.7. The highest BCUT2D eigenvalue weighted by Crippen LogP contribution is 2.34. The molecule has 2 amide bonds. The van der Waals surface area contributed by atoms with Crippen molar-refractivity contribution in [3.63, 3.8) is 0 Å². The summed E-state index contributed by atoms with van der Waals surface area (Å²) < 4.78 is 10.4. The van der Waals surface area contributed by atoms with Crippen LogP contribution in [0.3, 0.4) is 0 Å². The third-order valence-electron chi connectivity index (χ3n) is 5.40. The van der Waals surface area contributed by atoms with Crippen LogP contribution in [0.2, 0.25) is 0 Å². The summed E-state index contributed by atoms with van der Waals surface area (Å²) >= 11 is 0. The number of rotatable bonds is 9. The first-order valence-corrected chi connectivity index (χ1v) is 10.7. The topological polar surface area (TPSA) is 89.0 Å². The van der Waals surface area contributed by atoms with Crippen LogP contribution in [0.15, 0.2) is 42.7 Å². The Balaban J connectivity index is 1.77. The van der Waals surface area contributed by atoms with Crippen LogP contribution in [0.25, 0.3) is 0 Å². The molecule has 0 spiro atoms. The van der Waals surface area contributed by atoms with E-state index < -0.39 is 5.92 Å². The standard InChI is InChI=1S/C24H29N3O5/c1-4-32-23(29)9-11-26(15-18-6-5-10-25-14-18)24(30)19-13-22(28)27(16-19)20-12-17(2)7-8-21(20)31-3/h5-8,10,12,14,19H,4,9,11,13,15-16H2,1-3H3/t19-/m0/s1. The number of carbonyl (C=O) groups is 3. The van der Waals surface area contributed by atoms with Crippen molar-refractivity contribution in [3.05, 3.63) is 53.9 Å². The molecule has 0 unspecified atom stereocenters. The van der Waals surface area contributed by atoms with Crippen molar-refractivity contribution in [3.8, 4) is 5.75 Å². The smallest absolute Gasteiger partial charge is 0.307 e. The highest BCUT2D eigenvalue weighted by molar-refractivity contribution is 6.01. The number of carbonyl (C=O) groups excluding carboxylic acids is 3. The van der Waals surface area contributed by atoms with Gasteiger partial charge in [-0.3, -0.25) is 19.4 Å². The number of hydrogen-bond donors (Lipinski definition) is 0. The summed E-state index contributed by atoms with van der Waals surface area (Å²) in [5, 5.41) is 0. The number of benzene rings is 1. The second-order valence-corrected chi connectivity index (χ2v) is 7.76. The van der Waals surface area contributed by atoms with Crippen LogP contribution in [0, 0.1) is 12.8 Å². The van der Waals surface area contributed by atoms with Gasteiger partial charge in [-0.05, 0) is 43.2 Å². The summed E-state index contributed by atoms with van der Waals surface area (Å²) in [6.45, 7) is 4.77. The molecule has 1 aliphatic heterocycles. The minimum absolute atomic E-state index is 0.0932. The van der Waals surface area contributed by atoms with Crippen LogP contribution in [-0.4, -0.2) is 54.5 Å². The van der Waals surface area contributed by atoms with Crippen molar-refractivity contribution in [1.82, 2.24) is 9.88 Å². The number of anilines is 1. The van der Waals surface area contributed by atoms with Gasteiger partial charge in [0.1, 0.15) is 5.75 Å². The van der Waals surface area contributed by atoms with Crippen LogP contribution in [0.4, 0.5) is 5.69 Å². The number of pyridine rings is 1. The Labute approximate surface area is 188 Å². The summed E-state index contributed by atoms with van der Waals surface area (Å²) in [4.78, 5) is 45.4. The fraction of sp³-hybridized carbons (Fsp3) is 0.417. The Kier molecular flexibility index (Phi) is 7.81. The normalized spacial score (nSPS) is 15.5. The molecule has 32 heavy (non-hydrogen) atoms. The summed E-state index contributed by atoms with van der Waals surface area (Å²) in [7, 11) is 1.56. The number of nitrogens with zero attached hydrogens (tertiary/aromatic N) is 3. The highest BCUT2D eigenvalue weighted by Gasteiger charge is 2.38. The van der Waals surface area contributed by atoms with Gasteiger partial charge in [0.2, 0.25) is 11.8 Å². The lowest BCUT2D eigenvalue weighted by atomic mass is 10.1. The van der Waals surface area contributed by atoms with E-state index in [1.807, 2.05) is 31.2 Å². The Morgan fingerprint density at radius 2 is 2.09 bits per heavy atom. The summed E-state index contributed by atoms with van der Waals surface area (Å²) in [6.07, 6.45) is 3.56. The van der Waals surface area contributed by atoms with Gasteiger partial charge in [0.15, 0.2) is 0 Å². The van der Waals surface area contributed by atoms with Crippen LogP contribution >= 0.6 is 0 Å². The van der Waals surface area contributed by atoms with Gasteiger partial charge in [-0.2, -0.15) is 0 Å². The summed E-state index contributed by atoms with van der Waals surface area (Å²) in [6, 6.07) is 9.30. The highest BCUT2D eigenvalue weighted by atomic mass is 16.5. The van der Waals surface area contributed by atoms with Crippen molar-refractivity contribution in [2.45, 2.75) is 33.2 Å². The summed E-state index contributed by atoms with van der Waals surface area (Å²) in [5.41, 5.74) is 2.51. The molecule has 1 aromatic carbocycles. The van der Waals surface area contributed by atoms with E-state index in [9.17, 15) is 14.4 Å². The average Bonchev–Trinajstić information content (AvgIpc) is 3.18. The lowest BCUT2D eigenvalue weighted by Gasteiger charge is -2.26. The zero-order chi connectivity index (χ0) is 23.1. The number of methoxy groups -OCH3 is 1. The van der Waals surface area contributed by atoms with Crippen LogP contribution in [-0.2, 0) is 25.7 Å². The monoisotopic (exact) mass is 439 g/mol. The van der Waals surface area contributed by atoms with Crippen LogP contribution in [0.5, 0.6) is 5.75 Å². The van der Waals surface area contributed by atoms with E-state index in [1.165, 1.54) is 0 Å². The second-order valence-electron chi connectivity index (χ2n) is 7.76. The zero-order valence-corrected chi connectivity index (χ0v) is 18.7. The fourth-order valence-electron chi connectivity index (χ4n) is 3.81. The molecule has 0 bridgehead atoms. The molecule has 0 N–H and O–H groups in total. The number of ether oxygens (including phenoxy) is 2. The molecule has 8 heteroatoms. The van der Waals surface area contributed by atoms with E-state index >= 15 is 0 Å². The molecule has 2 heterocycles. The van der Waals surface area contributed by atoms with Gasteiger partial charge in [0, 0.05) is 38.4 Å². The van der Waals surface area contributed by atoms with Gasteiger partial charge < -0.3 is 19.3 Å². The van der Waals surface area contributed by atoms with E-state index in [2.05, 4.69) is 4.98 Å². The molecule has 8 nitrogen and oxygen atoms in total. The van der Waals surface area contributed by atoms with E-state index in [1.54, 1.807) is 42.3 Å². The SMILES string of the molecule is CCOC(=O)CCN(Cc1cccnc1)C(=O)[C@H]1CC(=O)N(c2cc(C)ccc2OC)C1. The molecule has 0 radical (unpaired) electrons. The molecule has 0 aliphatic carbocycles. The van der Waals surface area contributed by atoms with Crippen LogP contribution in [0.1, 0.15) is 30.9 Å². The number of aromatic nitrogens is 1. The van der Waals surface area contributed by atoms with Gasteiger partial charge in [0.25, 0.3) is 0 Å². The Morgan fingerprint density at radius 3 is 2.78 bits per heavy atom. The molecular formula is C24H29N3O5. The maximum Gasteiger partial charge on any atom is 0.307 e. The first-order chi connectivity index (χ1) is 15.4. The van der Waals surface area contributed by atoms with Crippen molar-refractivity contribution >= 4 is 23.5 Å². The maximum absolute atomic E-state index is 13.4. The van der Waals surface area contributed by atoms with Crippen molar-refractivity contribution in [2.24, 2.45) is 5.92 Å². The molecule has 1 aromatic heterocycles. The molecule has 1 atom stereocenters. The Bertz CT molecular complexity index is 963. The van der Waals surface area contributed by atoms with Crippen molar-refractivity contribution in [1.29, 1.82) is 0 Å². The second kappa shape index (κ2) is 10.7. The lowest BCUT2D eigenvalue weighted by molar-refractivity contribution is -0.144. The third kappa shape index (κ3) is 5.63. The quantitative estimate of drug-likeness (QED) is 0.558. The van der Waals surface area contributed by atoms with Crippen LogP contribution < -0.4 is 9.64 Å². The minimum Gasteiger partial charge on any atom is -0.495 e. The summed E-state index contributed by atoms with van der Waals surface area (Å²) in [5.74, 6) is -0.567. The van der Waals surface area contributed by atoms with Crippen molar-refractivity contribution in [2.75, 3.05) is 31.7 Å². The lowest BCUT2D eigenvalue weighted by Crippen LogP contribution is -2.38. The van der Waals surface area contributed by atoms with E-state index in [-0.39, 0.29) is 43.7 Å². The molecule has 1 aliphatic rings. The van der Waals surface area contributed by atoms with Crippen molar-refractivity contribution < 1.29 is 23.9 Å². The largest absolute Gasteiger partial charge is 0.495 e. The van der Waals surface area contributed by atoms with E-state index in [0.717, 1.165) is 11.1 Å². The molecule has 2 aromatic rings. The van der Waals surface area contributed by atoms with Gasteiger partial charge in [-0.25, -0.2) is 0 Å². The molecule has 1 saturated heterocycles. The van der Waals surface area contributed by atoms with Gasteiger partial charge in [-0.15, -0.1) is 0 Å². The van der Waals surface area contributed by atoms with E-state index in [0.29, 0.717) is 24.6 Å². The molecule has 3 rings (SSSR count). The number of hydrogen-bond acceptors (Lipinski definition) is 6. The van der Waals surface area contributed by atoms with E-state index in [4.69, 9.17) is 9.47 Å². The fourth-order valence-corrected chi connectivity index (χ4v) is 3.81. The molecular weight excluding hydrogens is 410 g/mol. The van der Waals surface area contributed by atoms with Gasteiger partial charge >= 0.3 is 5.97 Å². The van der Waals surface area contributed by atoms with Gasteiger partial charge in [-0.1, -0.05) is 12.1 Å². The van der Waals surface area contributed by atoms with Gasteiger partial charge in [0.05, 0.1) is 31.7 Å². The maximum atomic E-state index is 13.4. The first-order valence-electron chi connectivity index (χ1n) is 10.7. The number of esters is 1. The molecule has 0 saturated carbocycles. The minimum atomic E-state index is -0.508. The third-order valence-corrected chi connectivity index (χ3v) is 5.40. The number of aryl methyl sites for hydroxylation is 1.